The van der Waals surface area contributed by atoms with Crippen LogP contribution in [-0.2, 0) is 9.31 Å². The highest BCUT2D eigenvalue weighted by Crippen LogP contribution is 2.37. The summed E-state index contributed by atoms with van der Waals surface area (Å²) in [6, 6.07) is 11.7. The number of benzene rings is 1. The molecule has 29 heavy (non-hydrogen) atoms. The molecular formula is C24H36BNO2Si. The quantitative estimate of drug-likeness (QED) is 0.356. The molecule has 0 atom stereocenters. The highest BCUT2D eigenvalue weighted by atomic mass is 28.3. The molecule has 0 unspecified atom stereocenters. The molecular weight excluding hydrogens is 373 g/mol. The van der Waals surface area contributed by atoms with E-state index >= 15 is 0 Å². The van der Waals surface area contributed by atoms with Crippen molar-refractivity contribution < 1.29 is 9.31 Å². The average molecular weight is 409 g/mol. The zero-order valence-electron chi connectivity index (χ0n) is 19.4. The molecule has 1 heterocycles. The van der Waals surface area contributed by atoms with Gasteiger partial charge < -0.3 is 9.31 Å². The minimum atomic E-state index is -1.81. The number of hydrogen-bond acceptors (Lipinski definition) is 3. The van der Waals surface area contributed by atoms with Crippen molar-refractivity contribution in [2.24, 2.45) is 0 Å². The third kappa shape index (κ3) is 5.15. The Bertz CT molecular complexity index is 773. The maximum Gasteiger partial charge on any atom is 0.494 e. The first-order valence-corrected chi connectivity index (χ1v) is 13.2. The van der Waals surface area contributed by atoms with Gasteiger partial charge in [0.05, 0.1) is 17.3 Å². The largest absolute Gasteiger partial charge is 0.494 e. The zero-order chi connectivity index (χ0) is 21.9. The van der Waals surface area contributed by atoms with E-state index in [1.807, 2.05) is 0 Å². The van der Waals surface area contributed by atoms with E-state index in [0.717, 1.165) is 23.5 Å². The van der Waals surface area contributed by atoms with Crippen LogP contribution < -0.4 is 5.46 Å². The van der Waals surface area contributed by atoms with Crippen LogP contribution in [0, 0.1) is 22.8 Å². The molecule has 3 nitrogen and oxygen atoms in total. The van der Waals surface area contributed by atoms with Crippen molar-refractivity contribution in [1.29, 1.82) is 5.26 Å². The summed E-state index contributed by atoms with van der Waals surface area (Å²) in [7, 11) is -2.15. The Labute approximate surface area is 179 Å². The highest BCUT2D eigenvalue weighted by molar-refractivity contribution is 6.89. The van der Waals surface area contributed by atoms with Gasteiger partial charge in [-0.25, -0.2) is 0 Å². The molecule has 0 radical (unpaired) electrons. The number of nitriles is 1. The lowest BCUT2D eigenvalue weighted by atomic mass is 9.79. The van der Waals surface area contributed by atoms with Gasteiger partial charge in [-0.1, -0.05) is 45.7 Å². The Balaban J connectivity index is 2.22. The lowest BCUT2D eigenvalue weighted by molar-refractivity contribution is 0.00578. The number of hydrogen-bond donors (Lipinski definition) is 0. The lowest BCUT2D eigenvalue weighted by Gasteiger charge is -2.34. The van der Waals surface area contributed by atoms with Crippen LogP contribution in [0.2, 0.25) is 17.1 Å². The molecule has 0 aliphatic carbocycles. The average Bonchev–Trinajstić information content (AvgIpc) is 2.85. The van der Waals surface area contributed by atoms with Gasteiger partial charge in [0.25, 0.3) is 0 Å². The molecule has 1 aromatic carbocycles. The van der Waals surface area contributed by atoms with Gasteiger partial charge in [0, 0.05) is 12.0 Å². The summed E-state index contributed by atoms with van der Waals surface area (Å²) in [4.78, 5) is 0. The Hall–Kier alpha value is -1.53. The number of rotatable bonds is 6. The van der Waals surface area contributed by atoms with Crippen LogP contribution >= 0.6 is 0 Å². The summed E-state index contributed by atoms with van der Waals surface area (Å²) < 4.78 is 12.3. The zero-order valence-corrected chi connectivity index (χ0v) is 20.4. The summed E-state index contributed by atoms with van der Waals surface area (Å²) in [6.07, 6.45) is 1.58. The molecule has 0 aromatic heterocycles. The molecule has 0 spiro atoms. The van der Waals surface area contributed by atoms with E-state index < -0.39 is 8.07 Å². The minimum Gasteiger partial charge on any atom is -0.399 e. The normalized spacial score (nSPS) is 17.9. The standard InChI is InChI=1S/C24H36BNO2Si/c1-19(2)29(20(3)4,17-10-9-16-26)18-15-21-11-13-22(14-12-21)25-27-23(5,6)24(7,8)28-25/h11-14,19-20H,9-10,17H2,1-8H3. The van der Waals surface area contributed by atoms with E-state index in [2.05, 4.69) is 97.2 Å². The molecule has 5 heteroatoms. The van der Waals surface area contributed by atoms with Crippen LogP contribution in [0.3, 0.4) is 0 Å². The monoisotopic (exact) mass is 409 g/mol. The fourth-order valence-electron chi connectivity index (χ4n) is 3.95. The summed E-state index contributed by atoms with van der Waals surface area (Å²) in [6.45, 7) is 17.5. The van der Waals surface area contributed by atoms with Crippen LogP contribution in [0.25, 0.3) is 0 Å². The van der Waals surface area contributed by atoms with E-state index in [-0.39, 0.29) is 18.3 Å². The molecule has 0 amide bonds. The van der Waals surface area contributed by atoms with Crippen LogP contribution in [0.15, 0.2) is 24.3 Å². The van der Waals surface area contributed by atoms with Crippen LogP contribution in [0.1, 0.15) is 73.8 Å². The van der Waals surface area contributed by atoms with Crippen molar-refractivity contribution in [3.8, 4) is 17.5 Å². The fourth-order valence-corrected chi connectivity index (χ4v) is 8.28. The van der Waals surface area contributed by atoms with E-state index in [0.29, 0.717) is 17.5 Å². The Morgan fingerprint density at radius 3 is 1.93 bits per heavy atom. The Morgan fingerprint density at radius 2 is 1.48 bits per heavy atom. The topological polar surface area (TPSA) is 42.2 Å². The summed E-state index contributed by atoms with van der Waals surface area (Å²) >= 11 is 0. The third-order valence-electron chi connectivity index (χ3n) is 6.82. The van der Waals surface area contributed by atoms with Gasteiger partial charge in [0.2, 0.25) is 0 Å². The van der Waals surface area contributed by atoms with Gasteiger partial charge in [-0.15, -0.1) is 5.54 Å². The SMILES string of the molecule is CC(C)[Si](C#Cc1ccc(B2OC(C)(C)C(C)(C)O2)cc1)(CCCC#N)C(C)C. The molecule has 1 aliphatic rings. The second-order valence-corrected chi connectivity index (χ2v) is 15.0. The predicted molar refractivity (Wildman–Crippen MR) is 125 cm³/mol. The first-order valence-electron chi connectivity index (χ1n) is 10.8. The molecule has 0 N–H and O–H groups in total. The van der Waals surface area contributed by atoms with E-state index in [1.54, 1.807) is 0 Å². The van der Waals surface area contributed by atoms with Crippen LogP contribution in [0.5, 0.6) is 0 Å². The molecule has 0 bridgehead atoms. The van der Waals surface area contributed by atoms with Gasteiger partial charge >= 0.3 is 7.12 Å². The lowest BCUT2D eigenvalue weighted by Crippen LogP contribution is -2.41. The summed E-state index contributed by atoms with van der Waals surface area (Å²) in [5, 5.41) is 8.94. The van der Waals surface area contributed by atoms with Crippen LogP contribution in [0.4, 0.5) is 0 Å². The van der Waals surface area contributed by atoms with Crippen LogP contribution in [-0.4, -0.2) is 26.4 Å². The van der Waals surface area contributed by atoms with Crippen molar-refractivity contribution in [1.82, 2.24) is 0 Å². The number of unbranched alkanes of at least 4 members (excludes halogenated alkanes) is 1. The van der Waals surface area contributed by atoms with Gasteiger partial charge in [0.1, 0.15) is 8.07 Å². The molecule has 1 aromatic rings. The van der Waals surface area contributed by atoms with Gasteiger partial charge in [0.15, 0.2) is 0 Å². The Kier molecular flexibility index (Phi) is 7.44. The molecule has 2 rings (SSSR count). The van der Waals surface area contributed by atoms with Crippen molar-refractivity contribution in [3.05, 3.63) is 29.8 Å². The second-order valence-electron chi connectivity index (χ2n) is 9.82. The second kappa shape index (κ2) is 9.09. The van der Waals surface area contributed by atoms with E-state index in [4.69, 9.17) is 14.6 Å². The maximum atomic E-state index is 8.94. The minimum absolute atomic E-state index is 0.334. The van der Waals surface area contributed by atoms with Gasteiger partial charge in [-0.3, -0.25) is 0 Å². The first kappa shape index (κ1) is 23.7. The molecule has 1 aliphatic heterocycles. The van der Waals surface area contributed by atoms with Crippen molar-refractivity contribution >= 4 is 20.7 Å². The van der Waals surface area contributed by atoms with Crippen molar-refractivity contribution in [3.63, 3.8) is 0 Å². The fraction of sp³-hybridized carbons (Fsp3) is 0.625. The molecule has 0 saturated carbocycles. The first-order chi connectivity index (χ1) is 13.4. The van der Waals surface area contributed by atoms with E-state index in [9.17, 15) is 0 Å². The Morgan fingerprint density at radius 1 is 0.966 bits per heavy atom. The van der Waals surface area contributed by atoms with Crippen molar-refractivity contribution in [2.45, 2.75) is 96.6 Å². The van der Waals surface area contributed by atoms with E-state index in [1.165, 1.54) is 0 Å². The third-order valence-corrected chi connectivity index (χ3v) is 12.7. The van der Waals surface area contributed by atoms with Gasteiger partial charge in [-0.2, -0.15) is 5.26 Å². The molecule has 1 saturated heterocycles. The summed E-state index contributed by atoms with van der Waals surface area (Å²) in [5.41, 5.74) is 6.26. The number of nitrogens with zero attached hydrogens (tertiary/aromatic N) is 1. The highest BCUT2D eigenvalue weighted by Gasteiger charge is 2.51. The van der Waals surface area contributed by atoms with Gasteiger partial charge in [-0.05, 0) is 68.8 Å². The molecule has 156 valence electrons. The van der Waals surface area contributed by atoms with Crippen molar-refractivity contribution in [2.75, 3.05) is 0 Å². The maximum absolute atomic E-state index is 8.94. The molecule has 1 fully saturated rings. The predicted octanol–water partition coefficient (Wildman–Crippen LogP) is 5.45. The smallest absolute Gasteiger partial charge is 0.399 e. The summed E-state index contributed by atoms with van der Waals surface area (Å²) in [5.74, 6) is 3.47.